The molecule has 0 saturated carbocycles. The molecule has 7 nitrogen and oxygen atoms in total. The zero-order valence-electron chi connectivity index (χ0n) is 20.7. The van der Waals surface area contributed by atoms with Crippen molar-refractivity contribution in [3.05, 3.63) is 77.6 Å². The molecule has 1 amide bonds. The van der Waals surface area contributed by atoms with Gasteiger partial charge in [-0.1, -0.05) is 47.1 Å². The minimum atomic E-state index is -0.0198. The number of nitrogens with one attached hydrogen (secondary N) is 1. The Kier molecular flexibility index (Phi) is 6.40. The lowest BCUT2D eigenvalue weighted by Gasteiger charge is -2.30. The van der Waals surface area contributed by atoms with E-state index in [4.69, 9.17) is 16.1 Å². The highest BCUT2D eigenvalue weighted by molar-refractivity contribution is 6.30. The Labute approximate surface area is 220 Å². The van der Waals surface area contributed by atoms with Crippen LogP contribution >= 0.6 is 11.6 Å². The maximum Gasteiger partial charge on any atom is 0.241 e. The van der Waals surface area contributed by atoms with Gasteiger partial charge in [-0.3, -0.25) is 9.69 Å². The number of benzene rings is 3. The molecule has 188 valence electrons. The Morgan fingerprint density at radius 1 is 1.03 bits per heavy atom. The molecule has 0 spiro atoms. The third-order valence-electron chi connectivity index (χ3n) is 7.22. The Morgan fingerprint density at radius 2 is 1.84 bits per heavy atom. The fraction of sp³-hybridized carbons (Fsp3) is 0.276. The van der Waals surface area contributed by atoms with Crippen molar-refractivity contribution in [3.63, 3.8) is 0 Å². The fourth-order valence-corrected chi connectivity index (χ4v) is 5.52. The molecular formula is C29H28ClN5O2. The number of hydrogen-bond acceptors (Lipinski definition) is 5. The molecule has 5 aromatic rings. The van der Waals surface area contributed by atoms with Gasteiger partial charge in [0, 0.05) is 50.5 Å². The lowest BCUT2D eigenvalue weighted by atomic mass is 9.95. The maximum absolute atomic E-state index is 13.1. The zero-order chi connectivity index (χ0) is 25.4. The lowest BCUT2D eigenvalue weighted by Crippen LogP contribution is -2.37. The summed E-state index contributed by atoms with van der Waals surface area (Å²) in [5.41, 5.74) is 4.08. The highest BCUT2D eigenvalue weighted by atomic mass is 35.5. The fourth-order valence-electron chi connectivity index (χ4n) is 5.32. The van der Waals surface area contributed by atoms with Gasteiger partial charge in [0.15, 0.2) is 0 Å². The molecule has 3 heterocycles. The SMILES string of the molecule is CCn1c2ccccc2c2cc(NC(=O)C3CCN(Cc4nc(-c5cccc(Cl)c5)no4)CC3)ccc21. The van der Waals surface area contributed by atoms with Gasteiger partial charge in [-0.15, -0.1) is 0 Å². The minimum absolute atomic E-state index is 0.0198. The summed E-state index contributed by atoms with van der Waals surface area (Å²) in [7, 11) is 0. The number of halogens is 1. The summed E-state index contributed by atoms with van der Waals surface area (Å²) in [6.07, 6.45) is 1.58. The quantitative estimate of drug-likeness (QED) is 0.285. The molecule has 1 fully saturated rings. The van der Waals surface area contributed by atoms with Gasteiger partial charge in [0.05, 0.1) is 6.54 Å². The first-order valence-corrected chi connectivity index (χ1v) is 13.1. The second-order valence-corrected chi connectivity index (χ2v) is 9.99. The molecule has 37 heavy (non-hydrogen) atoms. The maximum atomic E-state index is 13.1. The number of nitrogens with zero attached hydrogens (tertiary/aromatic N) is 4. The minimum Gasteiger partial charge on any atom is -0.341 e. The van der Waals surface area contributed by atoms with E-state index in [1.165, 1.54) is 21.8 Å². The number of carbonyl (C=O) groups is 1. The highest BCUT2D eigenvalue weighted by Crippen LogP contribution is 2.31. The molecule has 0 atom stereocenters. The molecule has 1 N–H and O–H groups in total. The van der Waals surface area contributed by atoms with Gasteiger partial charge in [0.2, 0.25) is 17.6 Å². The summed E-state index contributed by atoms with van der Waals surface area (Å²) in [5, 5.41) is 10.3. The topological polar surface area (TPSA) is 76.2 Å². The number of fused-ring (bicyclic) bond motifs is 3. The average Bonchev–Trinajstić information content (AvgIpc) is 3.51. The molecule has 0 unspecified atom stereocenters. The second-order valence-electron chi connectivity index (χ2n) is 9.56. The Bertz CT molecular complexity index is 1580. The van der Waals surface area contributed by atoms with Crippen LogP contribution in [0.4, 0.5) is 5.69 Å². The van der Waals surface area contributed by atoms with E-state index in [0.29, 0.717) is 23.3 Å². The van der Waals surface area contributed by atoms with Crippen molar-refractivity contribution < 1.29 is 9.32 Å². The van der Waals surface area contributed by atoms with Crippen molar-refractivity contribution in [1.29, 1.82) is 0 Å². The molecule has 8 heteroatoms. The van der Waals surface area contributed by atoms with E-state index < -0.39 is 0 Å². The van der Waals surface area contributed by atoms with Gasteiger partial charge in [0.25, 0.3) is 0 Å². The van der Waals surface area contributed by atoms with Crippen LogP contribution in [-0.2, 0) is 17.9 Å². The van der Waals surface area contributed by atoms with Gasteiger partial charge >= 0.3 is 0 Å². The molecular weight excluding hydrogens is 486 g/mol. The van der Waals surface area contributed by atoms with Crippen LogP contribution < -0.4 is 5.32 Å². The van der Waals surface area contributed by atoms with Gasteiger partial charge in [-0.05, 0) is 69.3 Å². The van der Waals surface area contributed by atoms with E-state index in [2.05, 4.69) is 68.2 Å². The van der Waals surface area contributed by atoms with Crippen LogP contribution in [0.25, 0.3) is 33.2 Å². The average molecular weight is 514 g/mol. The third-order valence-corrected chi connectivity index (χ3v) is 7.46. The monoisotopic (exact) mass is 513 g/mol. The van der Waals surface area contributed by atoms with Crippen LogP contribution in [0.2, 0.25) is 5.02 Å². The summed E-state index contributed by atoms with van der Waals surface area (Å²) in [5.74, 6) is 1.16. The molecule has 2 aromatic heterocycles. The molecule has 3 aromatic carbocycles. The van der Waals surface area contributed by atoms with Crippen molar-refractivity contribution in [2.24, 2.45) is 5.92 Å². The highest BCUT2D eigenvalue weighted by Gasteiger charge is 2.26. The molecule has 1 saturated heterocycles. The summed E-state index contributed by atoms with van der Waals surface area (Å²) in [6, 6.07) is 22.1. The van der Waals surface area contributed by atoms with Crippen LogP contribution in [-0.4, -0.2) is 38.6 Å². The van der Waals surface area contributed by atoms with Crippen LogP contribution in [0.5, 0.6) is 0 Å². The number of carbonyl (C=O) groups excluding carboxylic acids is 1. The Morgan fingerprint density at radius 3 is 2.65 bits per heavy atom. The van der Waals surface area contributed by atoms with Crippen LogP contribution in [0.3, 0.4) is 0 Å². The predicted molar refractivity (Wildman–Crippen MR) is 146 cm³/mol. The van der Waals surface area contributed by atoms with E-state index in [1.807, 2.05) is 30.3 Å². The van der Waals surface area contributed by atoms with Crippen LogP contribution in [0.1, 0.15) is 25.7 Å². The third kappa shape index (κ3) is 4.72. The summed E-state index contributed by atoms with van der Waals surface area (Å²) < 4.78 is 7.78. The summed E-state index contributed by atoms with van der Waals surface area (Å²) in [6.45, 7) is 5.23. The zero-order valence-corrected chi connectivity index (χ0v) is 21.4. The van der Waals surface area contributed by atoms with E-state index in [9.17, 15) is 4.79 Å². The van der Waals surface area contributed by atoms with Gasteiger partial charge in [0.1, 0.15) is 0 Å². The lowest BCUT2D eigenvalue weighted by molar-refractivity contribution is -0.121. The molecule has 0 aliphatic carbocycles. The first kappa shape index (κ1) is 23.7. The number of likely N-dealkylation sites (tertiary alicyclic amines) is 1. The van der Waals surface area contributed by atoms with Gasteiger partial charge in [-0.2, -0.15) is 4.98 Å². The molecule has 1 aliphatic heterocycles. The van der Waals surface area contributed by atoms with Crippen molar-refractivity contribution in [2.75, 3.05) is 18.4 Å². The molecule has 6 rings (SSSR count). The molecule has 0 radical (unpaired) electrons. The number of rotatable bonds is 6. The summed E-state index contributed by atoms with van der Waals surface area (Å²) >= 11 is 6.08. The normalized spacial score (nSPS) is 15.0. The van der Waals surface area contributed by atoms with Gasteiger partial charge < -0.3 is 14.4 Å². The molecule has 0 bridgehead atoms. The van der Waals surface area contributed by atoms with Crippen LogP contribution in [0, 0.1) is 5.92 Å². The number of hydrogen-bond donors (Lipinski definition) is 1. The smallest absolute Gasteiger partial charge is 0.241 e. The predicted octanol–water partition coefficient (Wildman–Crippen LogP) is 6.37. The van der Waals surface area contributed by atoms with Crippen molar-refractivity contribution in [3.8, 4) is 11.4 Å². The Balaban J connectivity index is 1.08. The number of aryl methyl sites for hydroxylation is 1. The van der Waals surface area contributed by atoms with Gasteiger partial charge in [-0.25, -0.2) is 0 Å². The second kappa shape index (κ2) is 10.00. The van der Waals surface area contributed by atoms with E-state index >= 15 is 0 Å². The van der Waals surface area contributed by atoms with Crippen LogP contribution in [0.15, 0.2) is 71.3 Å². The number of para-hydroxylation sites is 1. The summed E-state index contributed by atoms with van der Waals surface area (Å²) in [4.78, 5) is 19.9. The number of aromatic nitrogens is 3. The van der Waals surface area contributed by atoms with Crippen molar-refractivity contribution in [1.82, 2.24) is 19.6 Å². The number of piperidine rings is 1. The van der Waals surface area contributed by atoms with E-state index in [0.717, 1.165) is 43.7 Å². The standard InChI is InChI=1S/C29H28ClN5O2/c1-2-35-25-9-4-3-8-23(25)24-17-22(10-11-26(24)35)31-29(36)19-12-14-34(15-13-19)18-27-32-28(33-37-27)20-6-5-7-21(30)16-20/h3-11,16-17,19H,2,12-15,18H2,1H3,(H,31,36). The first-order chi connectivity index (χ1) is 18.1. The number of amides is 1. The molecule has 1 aliphatic rings. The van der Waals surface area contributed by atoms with E-state index in [1.54, 1.807) is 0 Å². The van der Waals surface area contributed by atoms with E-state index in [-0.39, 0.29) is 11.8 Å². The Hall–Kier alpha value is -3.68. The number of anilines is 1. The van der Waals surface area contributed by atoms with Crippen molar-refractivity contribution >= 4 is 45.0 Å². The van der Waals surface area contributed by atoms with Crippen molar-refractivity contribution in [2.45, 2.75) is 32.9 Å². The largest absolute Gasteiger partial charge is 0.341 e. The first-order valence-electron chi connectivity index (χ1n) is 12.7.